The normalized spacial score (nSPS) is 27.9. The zero-order valence-corrected chi connectivity index (χ0v) is 19.4. The molecule has 32 heavy (non-hydrogen) atoms. The van der Waals surface area contributed by atoms with Gasteiger partial charge in [0.1, 0.15) is 17.9 Å². The first-order valence-corrected chi connectivity index (χ1v) is 14.1. The van der Waals surface area contributed by atoms with E-state index < -0.39 is 53.8 Å². The van der Waals surface area contributed by atoms with E-state index in [9.17, 15) is 28.6 Å². The number of aliphatic hydroxyl groups is 1. The number of fused-ring (bicyclic) bond motifs is 1. The fourth-order valence-electron chi connectivity index (χ4n) is 2.86. The van der Waals surface area contributed by atoms with Crippen molar-refractivity contribution in [1.29, 1.82) is 0 Å². The van der Waals surface area contributed by atoms with Gasteiger partial charge in [-0.1, -0.05) is 0 Å². The first-order chi connectivity index (χ1) is 14.7. The fourth-order valence-corrected chi connectivity index (χ4v) is 6.77. The van der Waals surface area contributed by atoms with Crippen LogP contribution >= 0.6 is 35.2 Å². The largest absolute Gasteiger partial charge is 0.490 e. The molecule has 7 N–H and O–H groups in total. The van der Waals surface area contributed by atoms with E-state index >= 15 is 0 Å². The van der Waals surface area contributed by atoms with E-state index in [2.05, 4.69) is 28.1 Å². The van der Waals surface area contributed by atoms with Crippen molar-refractivity contribution in [2.24, 2.45) is 0 Å². The zero-order chi connectivity index (χ0) is 23.9. The molecule has 17 nitrogen and oxygen atoms in total. The molecule has 21 heteroatoms. The van der Waals surface area contributed by atoms with Crippen molar-refractivity contribution in [2.75, 3.05) is 18.6 Å². The first kappa shape index (κ1) is 25.6. The average molecular weight is 537 g/mol. The van der Waals surface area contributed by atoms with Gasteiger partial charge in [-0.05, 0) is 6.26 Å². The summed E-state index contributed by atoms with van der Waals surface area (Å²) in [6.07, 6.45) is 0.910. The molecule has 1 aliphatic heterocycles. The number of nitrogens with two attached hydrogens (primary N) is 1. The summed E-state index contributed by atoms with van der Waals surface area (Å²) < 4.78 is 53.0. The summed E-state index contributed by atoms with van der Waals surface area (Å²) in [7, 11) is -16.5. The summed E-state index contributed by atoms with van der Waals surface area (Å²) in [5.41, 5.74) is 6.36. The molecule has 3 heterocycles. The molecule has 6 atom stereocenters. The van der Waals surface area contributed by atoms with Gasteiger partial charge in [0.25, 0.3) is 0 Å². The van der Waals surface area contributed by atoms with Crippen LogP contribution in [0.1, 0.15) is 6.23 Å². The highest BCUT2D eigenvalue weighted by Crippen LogP contribution is 2.66. The van der Waals surface area contributed by atoms with Gasteiger partial charge in [0.15, 0.2) is 17.7 Å². The summed E-state index contributed by atoms with van der Waals surface area (Å²) in [6.45, 7) is -0.803. The Morgan fingerprint density at radius 1 is 1.16 bits per heavy atom. The van der Waals surface area contributed by atoms with Crippen molar-refractivity contribution in [2.45, 2.75) is 23.7 Å². The van der Waals surface area contributed by atoms with E-state index in [1.165, 1.54) is 29.0 Å². The third-order valence-corrected chi connectivity index (χ3v) is 8.92. The number of aromatic nitrogens is 4. The van der Waals surface area contributed by atoms with Crippen molar-refractivity contribution >= 4 is 52.2 Å². The van der Waals surface area contributed by atoms with Crippen LogP contribution in [0.2, 0.25) is 0 Å². The smallest absolute Gasteiger partial charge is 0.389 e. The van der Waals surface area contributed by atoms with Gasteiger partial charge in [-0.2, -0.15) is 20.4 Å². The number of nitrogen functional groups attached to an aromatic ring is 1. The Balaban J connectivity index is 1.73. The van der Waals surface area contributed by atoms with Crippen LogP contribution in [0.3, 0.4) is 0 Å². The Kier molecular flexibility index (Phi) is 7.49. The Morgan fingerprint density at radius 3 is 2.47 bits per heavy atom. The molecule has 1 fully saturated rings. The van der Waals surface area contributed by atoms with E-state index in [1.54, 1.807) is 6.26 Å². The lowest BCUT2D eigenvalue weighted by atomic mass is 10.2. The zero-order valence-electron chi connectivity index (χ0n) is 15.9. The molecule has 0 saturated carbocycles. The van der Waals surface area contributed by atoms with E-state index in [4.69, 9.17) is 20.3 Å². The first-order valence-electron chi connectivity index (χ1n) is 8.31. The molecule has 0 radical (unpaired) electrons. The van der Waals surface area contributed by atoms with Crippen LogP contribution in [0.5, 0.6) is 0 Å². The number of anilines is 1. The van der Waals surface area contributed by atoms with E-state index in [1.807, 2.05) is 0 Å². The third-order valence-electron chi connectivity index (χ3n) is 4.06. The molecule has 2 aromatic rings. The predicted molar refractivity (Wildman–Crippen MR) is 107 cm³/mol. The SMILES string of the molecule is CS[C@@H]1[C@H](O)[C@@H](COP(=O)(O)OP(=O)(O)OP(=O)(O)O)O[C@H]1n1cnc2c(N)ncnc21. The molecule has 2 aromatic heterocycles. The number of hydrogen-bond donors (Lipinski definition) is 6. The van der Waals surface area contributed by atoms with Gasteiger partial charge in [-0.15, -0.1) is 0 Å². The minimum absolute atomic E-state index is 0.122. The van der Waals surface area contributed by atoms with Crippen LogP contribution in [-0.4, -0.2) is 74.5 Å². The maximum atomic E-state index is 11.9. The van der Waals surface area contributed by atoms with Gasteiger partial charge >= 0.3 is 23.5 Å². The Hall–Kier alpha value is -0.970. The number of aliphatic hydroxyl groups excluding tert-OH is 1. The summed E-state index contributed by atoms with van der Waals surface area (Å²) in [5, 5.41) is 9.94. The van der Waals surface area contributed by atoms with Gasteiger partial charge in [0.05, 0.1) is 24.3 Å². The molecule has 1 aliphatic rings. The molecular weight excluding hydrogens is 519 g/mol. The summed E-state index contributed by atoms with van der Waals surface area (Å²) in [5.74, 6) is 0.122. The van der Waals surface area contributed by atoms with E-state index in [-0.39, 0.29) is 5.82 Å². The number of imidazole rings is 1. The van der Waals surface area contributed by atoms with Crippen LogP contribution in [0.15, 0.2) is 12.7 Å². The Labute approximate surface area is 183 Å². The standard InChI is InChI=1S/C11H18N5O12P3S/c1-32-8-7(17)5(2-25-30(21,22)28-31(23,24)27-29(18,19)20)26-11(8)16-4-15-6-9(12)13-3-14-10(6)16/h3-5,7-8,11,17H,2H2,1H3,(H,21,22)(H,23,24)(H2,12,13,14)(H2,18,19,20)/t5-,7-,8-,11-/m1/s1. The molecule has 0 amide bonds. The lowest BCUT2D eigenvalue weighted by Gasteiger charge is -2.19. The van der Waals surface area contributed by atoms with Crippen LogP contribution < -0.4 is 5.73 Å². The molecule has 0 spiro atoms. The quantitative estimate of drug-likeness (QED) is 0.225. The van der Waals surface area contributed by atoms with E-state index in [0.717, 1.165) is 0 Å². The lowest BCUT2D eigenvalue weighted by Crippen LogP contribution is -2.31. The maximum absolute atomic E-state index is 11.9. The van der Waals surface area contributed by atoms with Crippen molar-refractivity contribution in [3.05, 3.63) is 12.7 Å². The van der Waals surface area contributed by atoms with Crippen LogP contribution in [0.25, 0.3) is 11.2 Å². The number of phosphoric acid groups is 3. The molecular formula is C11H18N5O12P3S. The van der Waals surface area contributed by atoms with Crippen LogP contribution in [0.4, 0.5) is 5.82 Å². The lowest BCUT2D eigenvalue weighted by molar-refractivity contribution is -0.0421. The number of thioether (sulfide) groups is 1. The summed E-state index contributed by atoms with van der Waals surface area (Å²) in [4.78, 5) is 47.9. The number of nitrogens with zero attached hydrogens (tertiary/aromatic N) is 4. The van der Waals surface area contributed by atoms with Crippen molar-refractivity contribution in [3.63, 3.8) is 0 Å². The molecule has 0 aliphatic carbocycles. The number of rotatable bonds is 9. The summed E-state index contributed by atoms with van der Waals surface area (Å²) in [6, 6.07) is 0. The molecule has 3 rings (SSSR count). The van der Waals surface area contributed by atoms with Gasteiger partial charge in [0, 0.05) is 0 Å². The second-order valence-electron chi connectivity index (χ2n) is 6.23. The number of phosphoric ester groups is 1. The second-order valence-corrected chi connectivity index (χ2v) is 11.7. The van der Waals surface area contributed by atoms with E-state index in [0.29, 0.717) is 11.2 Å². The third kappa shape index (κ3) is 5.93. The molecule has 1 saturated heterocycles. The monoisotopic (exact) mass is 537 g/mol. The Morgan fingerprint density at radius 2 is 1.84 bits per heavy atom. The molecule has 2 unspecified atom stereocenters. The van der Waals surface area contributed by atoms with Gasteiger partial charge in [0.2, 0.25) is 0 Å². The highest BCUT2D eigenvalue weighted by atomic mass is 32.2. The minimum atomic E-state index is -5.66. The van der Waals surface area contributed by atoms with Gasteiger partial charge in [-0.25, -0.2) is 28.6 Å². The maximum Gasteiger partial charge on any atom is 0.490 e. The molecule has 0 aromatic carbocycles. The fraction of sp³-hybridized carbons (Fsp3) is 0.545. The summed E-state index contributed by atoms with van der Waals surface area (Å²) >= 11 is 1.21. The minimum Gasteiger partial charge on any atom is -0.389 e. The number of hydrogen-bond acceptors (Lipinski definition) is 13. The van der Waals surface area contributed by atoms with Gasteiger partial charge in [-0.3, -0.25) is 9.09 Å². The van der Waals surface area contributed by atoms with Gasteiger partial charge < -0.3 is 35.2 Å². The second kappa shape index (κ2) is 9.35. The molecule has 0 bridgehead atoms. The van der Waals surface area contributed by atoms with Crippen LogP contribution in [-0.2, 0) is 31.6 Å². The van der Waals surface area contributed by atoms with Crippen molar-refractivity contribution in [3.8, 4) is 0 Å². The highest BCUT2D eigenvalue weighted by molar-refractivity contribution is 7.99. The average Bonchev–Trinajstić information content (AvgIpc) is 3.18. The molecule has 180 valence electrons. The topological polar surface area (TPSA) is 259 Å². The highest BCUT2D eigenvalue weighted by Gasteiger charge is 2.47. The van der Waals surface area contributed by atoms with Crippen molar-refractivity contribution < 1.29 is 56.3 Å². The predicted octanol–water partition coefficient (Wildman–Crippen LogP) is -0.258. The Bertz CT molecular complexity index is 1130. The van der Waals surface area contributed by atoms with Crippen molar-refractivity contribution in [1.82, 2.24) is 19.5 Å². The van der Waals surface area contributed by atoms with Crippen LogP contribution in [0, 0.1) is 0 Å². The number of ether oxygens (including phenoxy) is 1.